The largest absolute Gasteiger partial charge is 0.497 e. The number of methoxy groups -OCH3 is 1. The first-order valence-electron chi connectivity index (χ1n) is 9.32. The van der Waals surface area contributed by atoms with Crippen LogP contribution >= 0.6 is 0 Å². The number of carbonyl (C=O) groups is 3. The van der Waals surface area contributed by atoms with E-state index >= 15 is 0 Å². The normalized spacial score (nSPS) is 20.2. The summed E-state index contributed by atoms with van der Waals surface area (Å²) in [7, 11) is 1.55. The molecule has 2 aliphatic rings. The zero-order valence-corrected chi connectivity index (χ0v) is 16.2. The molecule has 0 bridgehead atoms. The third kappa shape index (κ3) is 3.65. The molecule has 3 heterocycles. The minimum Gasteiger partial charge on any atom is -0.497 e. The Morgan fingerprint density at radius 3 is 2.86 bits per heavy atom. The van der Waals surface area contributed by atoms with Gasteiger partial charge in [-0.1, -0.05) is 0 Å². The second kappa shape index (κ2) is 7.20. The number of fused-ring (bicyclic) bond motifs is 1. The Labute approximate surface area is 167 Å². The number of hydrogen-bond donors (Lipinski definition) is 1. The van der Waals surface area contributed by atoms with Crippen molar-refractivity contribution < 1.29 is 23.9 Å². The second-order valence-corrected chi connectivity index (χ2v) is 7.33. The highest BCUT2D eigenvalue weighted by atomic mass is 16.5. The van der Waals surface area contributed by atoms with Crippen LogP contribution < -0.4 is 14.8 Å². The topological polar surface area (TPSA) is 97.8 Å². The van der Waals surface area contributed by atoms with Crippen molar-refractivity contribution in [2.24, 2.45) is 0 Å². The second-order valence-electron chi connectivity index (χ2n) is 7.33. The number of carbonyl (C=O) groups excluding carboxylic acids is 3. The summed E-state index contributed by atoms with van der Waals surface area (Å²) in [6, 6.07) is 8.32. The van der Waals surface area contributed by atoms with E-state index in [1.807, 2.05) is 0 Å². The SMILES string of the molecule is COc1ccc2c(c1)C(=O)CC1(CCN(C(=O)c3ccnc(NC(C)=O)c3)C1)O2. The standard InChI is InChI=1S/C21H21N3O5/c1-13(25)23-19-9-14(5-7-22-19)20(27)24-8-6-21(12-24)11-17(26)16-10-15(28-2)3-4-18(16)29-21/h3-5,7,9-10H,6,8,11-12H2,1-2H3,(H,22,23,25). The molecule has 1 fully saturated rings. The Morgan fingerprint density at radius 2 is 2.10 bits per heavy atom. The van der Waals surface area contributed by atoms with Crippen molar-refractivity contribution in [1.29, 1.82) is 0 Å². The molecule has 1 unspecified atom stereocenters. The van der Waals surface area contributed by atoms with Crippen LogP contribution in [0.25, 0.3) is 0 Å². The van der Waals surface area contributed by atoms with E-state index in [1.165, 1.54) is 13.1 Å². The third-order valence-corrected chi connectivity index (χ3v) is 5.21. The molecule has 150 valence electrons. The molecule has 29 heavy (non-hydrogen) atoms. The third-order valence-electron chi connectivity index (χ3n) is 5.21. The monoisotopic (exact) mass is 395 g/mol. The molecule has 1 spiro atoms. The van der Waals surface area contributed by atoms with E-state index in [4.69, 9.17) is 9.47 Å². The van der Waals surface area contributed by atoms with Crippen molar-refractivity contribution in [2.75, 3.05) is 25.5 Å². The van der Waals surface area contributed by atoms with E-state index in [-0.39, 0.29) is 24.0 Å². The van der Waals surface area contributed by atoms with Gasteiger partial charge in [-0.3, -0.25) is 14.4 Å². The summed E-state index contributed by atoms with van der Waals surface area (Å²) in [6.07, 6.45) is 2.26. The van der Waals surface area contributed by atoms with Crippen LogP contribution in [0.15, 0.2) is 36.5 Å². The van der Waals surface area contributed by atoms with Crippen molar-refractivity contribution >= 4 is 23.4 Å². The van der Waals surface area contributed by atoms with E-state index in [0.29, 0.717) is 48.0 Å². The van der Waals surface area contributed by atoms with Gasteiger partial charge in [0.1, 0.15) is 22.9 Å². The maximum atomic E-state index is 12.9. The number of hydrogen-bond acceptors (Lipinski definition) is 6. The first-order valence-corrected chi connectivity index (χ1v) is 9.32. The molecular formula is C21H21N3O5. The number of likely N-dealkylation sites (tertiary alicyclic amines) is 1. The predicted molar refractivity (Wildman–Crippen MR) is 104 cm³/mol. The van der Waals surface area contributed by atoms with E-state index in [2.05, 4.69) is 10.3 Å². The molecule has 1 N–H and O–H groups in total. The summed E-state index contributed by atoms with van der Waals surface area (Å²) in [4.78, 5) is 42.6. The van der Waals surface area contributed by atoms with Crippen molar-refractivity contribution in [3.63, 3.8) is 0 Å². The van der Waals surface area contributed by atoms with E-state index in [0.717, 1.165) is 0 Å². The average Bonchev–Trinajstić information content (AvgIpc) is 3.10. The molecule has 0 saturated carbocycles. The van der Waals surface area contributed by atoms with Gasteiger partial charge in [-0.05, 0) is 30.3 Å². The Morgan fingerprint density at radius 1 is 1.28 bits per heavy atom. The fourth-order valence-electron chi connectivity index (χ4n) is 3.84. The fourth-order valence-corrected chi connectivity index (χ4v) is 3.84. The van der Waals surface area contributed by atoms with Gasteiger partial charge in [0.2, 0.25) is 5.91 Å². The van der Waals surface area contributed by atoms with Crippen LogP contribution in [0.1, 0.15) is 40.5 Å². The molecule has 1 saturated heterocycles. The summed E-state index contributed by atoms with van der Waals surface area (Å²) in [5.74, 6) is 0.986. The summed E-state index contributed by atoms with van der Waals surface area (Å²) in [6.45, 7) is 2.18. The summed E-state index contributed by atoms with van der Waals surface area (Å²) in [5, 5.41) is 2.57. The van der Waals surface area contributed by atoms with Crippen LogP contribution in [-0.4, -0.2) is 53.3 Å². The number of aromatic nitrogens is 1. The molecule has 1 aromatic heterocycles. The van der Waals surface area contributed by atoms with Gasteiger partial charge in [0, 0.05) is 31.6 Å². The highest BCUT2D eigenvalue weighted by Crippen LogP contribution is 2.40. The van der Waals surface area contributed by atoms with Gasteiger partial charge in [-0.2, -0.15) is 0 Å². The van der Waals surface area contributed by atoms with Crippen LogP contribution in [0.2, 0.25) is 0 Å². The van der Waals surface area contributed by atoms with Gasteiger partial charge < -0.3 is 19.7 Å². The molecule has 2 amide bonds. The van der Waals surface area contributed by atoms with Crippen LogP contribution in [0.4, 0.5) is 5.82 Å². The lowest BCUT2D eigenvalue weighted by atomic mass is 9.89. The Kier molecular flexibility index (Phi) is 4.70. The van der Waals surface area contributed by atoms with E-state index in [1.54, 1.807) is 42.3 Å². The molecular weight excluding hydrogens is 374 g/mol. The maximum absolute atomic E-state index is 12.9. The number of nitrogens with one attached hydrogen (secondary N) is 1. The van der Waals surface area contributed by atoms with Gasteiger partial charge in [-0.25, -0.2) is 4.98 Å². The van der Waals surface area contributed by atoms with Crippen LogP contribution in [-0.2, 0) is 4.79 Å². The fraction of sp³-hybridized carbons (Fsp3) is 0.333. The Hall–Kier alpha value is -3.42. The summed E-state index contributed by atoms with van der Waals surface area (Å²) >= 11 is 0. The van der Waals surface area contributed by atoms with Gasteiger partial charge in [-0.15, -0.1) is 0 Å². The Balaban J connectivity index is 1.52. The number of anilines is 1. The van der Waals surface area contributed by atoms with Crippen molar-refractivity contribution in [2.45, 2.75) is 25.4 Å². The van der Waals surface area contributed by atoms with Crippen molar-refractivity contribution in [1.82, 2.24) is 9.88 Å². The number of Topliss-reactive ketones (excluding diaryl/α,β-unsaturated/α-hetero) is 1. The van der Waals surface area contributed by atoms with Crippen molar-refractivity contribution in [3.8, 4) is 11.5 Å². The van der Waals surface area contributed by atoms with Gasteiger partial charge in [0.25, 0.3) is 5.91 Å². The lowest BCUT2D eigenvalue weighted by molar-refractivity contribution is -0.114. The van der Waals surface area contributed by atoms with Crippen LogP contribution in [0.3, 0.4) is 0 Å². The highest BCUT2D eigenvalue weighted by molar-refractivity contribution is 6.01. The number of rotatable bonds is 3. The molecule has 2 aromatic rings. The maximum Gasteiger partial charge on any atom is 0.254 e. The number of amides is 2. The average molecular weight is 395 g/mol. The summed E-state index contributed by atoms with van der Waals surface area (Å²) in [5.41, 5.74) is 0.212. The lowest BCUT2D eigenvalue weighted by Crippen LogP contribution is -2.45. The van der Waals surface area contributed by atoms with Gasteiger partial charge >= 0.3 is 0 Å². The molecule has 8 heteroatoms. The number of benzene rings is 1. The Bertz CT molecular complexity index is 1010. The first-order chi connectivity index (χ1) is 13.9. The van der Waals surface area contributed by atoms with Gasteiger partial charge in [0.15, 0.2) is 5.78 Å². The molecule has 0 radical (unpaired) electrons. The number of pyridine rings is 1. The molecule has 2 aliphatic heterocycles. The smallest absolute Gasteiger partial charge is 0.254 e. The molecule has 0 aliphatic carbocycles. The zero-order valence-electron chi connectivity index (χ0n) is 16.2. The first kappa shape index (κ1) is 18.9. The van der Waals surface area contributed by atoms with Crippen LogP contribution in [0, 0.1) is 0 Å². The van der Waals surface area contributed by atoms with E-state index in [9.17, 15) is 14.4 Å². The zero-order chi connectivity index (χ0) is 20.6. The van der Waals surface area contributed by atoms with E-state index < -0.39 is 5.60 Å². The quantitative estimate of drug-likeness (QED) is 0.856. The molecule has 8 nitrogen and oxygen atoms in total. The minimum absolute atomic E-state index is 0.0173. The highest BCUT2D eigenvalue weighted by Gasteiger charge is 2.47. The minimum atomic E-state index is -0.720. The van der Waals surface area contributed by atoms with Crippen molar-refractivity contribution in [3.05, 3.63) is 47.7 Å². The number of nitrogens with zero attached hydrogens (tertiary/aromatic N) is 2. The van der Waals surface area contributed by atoms with Crippen LogP contribution in [0.5, 0.6) is 11.5 Å². The molecule has 1 aromatic carbocycles. The number of ketones is 1. The summed E-state index contributed by atoms with van der Waals surface area (Å²) < 4.78 is 11.4. The number of ether oxygens (including phenoxy) is 2. The van der Waals surface area contributed by atoms with Gasteiger partial charge in [0.05, 0.1) is 25.6 Å². The lowest BCUT2D eigenvalue weighted by Gasteiger charge is -2.34. The predicted octanol–water partition coefficient (Wildman–Crippen LogP) is 2.30. The molecule has 1 atom stereocenters. The molecule has 4 rings (SSSR count).